The van der Waals surface area contributed by atoms with Crippen LogP contribution in [0, 0.1) is 5.41 Å². The van der Waals surface area contributed by atoms with Crippen molar-refractivity contribution in [1.29, 1.82) is 0 Å². The normalized spacial score (nSPS) is 13.7. The molecule has 82 valence electrons. The smallest absolute Gasteiger partial charge is 0.0954 e. The number of hydrogen-bond donors (Lipinski definition) is 1. The average molecular weight is 196 g/mol. The molecule has 0 bridgehead atoms. The third-order valence-corrected chi connectivity index (χ3v) is 2.94. The first-order chi connectivity index (χ1) is 6.45. The minimum Gasteiger partial charge on any atom is -0.512 e. The van der Waals surface area contributed by atoms with Gasteiger partial charge in [-0.3, -0.25) is 0 Å². The Morgan fingerprint density at radius 2 is 2.00 bits per heavy atom. The highest BCUT2D eigenvalue weighted by Crippen LogP contribution is 2.33. The number of unbranched alkanes of at least 4 members (excludes halogenated alkanes) is 1. The highest BCUT2D eigenvalue weighted by molar-refractivity contribution is 5.15. The number of aliphatic hydroxyl groups is 1. The molecule has 0 aromatic carbocycles. The molecule has 0 aliphatic rings. The molecule has 0 aliphatic heterocycles. The fourth-order valence-electron chi connectivity index (χ4n) is 1.49. The molecule has 0 rings (SSSR count). The first kappa shape index (κ1) is 13.3. The fourth-order valence-corrected chi connectivity index (χ4v) is 1.49. The van der Waals surface area contributed by atoms with Crippen LogP contribution in [0.5, 0.6) is 0 Å². The van der Waals surface area contributed by atoms with E-state index in [2.05, 4.69) is 27.4 Å². The topological polar surface area (TPSA) is 20.2 Å². The quantitative estimate of drug-likeness (QED) is 0.486. The second kappa shape index (κ2) is 5.90. The predicted octanol–water partition coefficient (Wildman–Crippen LogP) is 4.61. The Morgan fingerprint density at radius 1 is 1.43 bits per heavy atom. The summed E-state index contributed by atoms with van der Waals surface area (Å²) in [5.74, 6) is 0.487. The highest BCUT2D eigenvalue weighted by Gasteiger charge is 2.21. The van der Waals surface area contributed by atoms with Crippen LogP contribution in [0.1, 0.15) is 53.4 Å². The SMILES string of the molecule is C=CC/C(O)=C(/C)C(C)(C)CCCC. The summed E-state index contributed by atoms with van der Waals surface area (Å²) in [6, 6.07) is 0. The van der Waals surface area contributed by atoms with Gasteiger partial charge in [0.1, 0.15) is 0 Å². The summed E-state index contributed by atoms with van der Waals surface area (Å²) in [4.78, 5) is 0. The molecular weight excluding hydrogens is 172 g/mol. The van der Waals surface area contributed by atoms with E-state index in [0.717, 1.165) is 12.0 Å². The van der Waals surface area contributed by atoms with Gasteiger partial charge in [-0.25, -0.2) is 0 Å². The van der Waals surface area contributed by atoms with E-state index in [0.29, 0.717) is 12.2 Å². The summed E-state index contributed by atoms with van der Waals surface area (Å²) in [5, 5.41) is 9.76. The zero-order valence-electron chi connectivity index (χ0n) is 10.1. The van der Waals surface area contributed by atoms with Crippen LogP contribution < -0.4 is 0 Å². The van der Waals surface area contributed by atoms with E-state index < -0.39 is 0 Å². The molecule has 0 amide bonds. The molecular formula is C13H24O. The van der Waals surface area contributed by atoms with E-state index in [9.17, 15) is 5.11 Å². The van der Waals surface area contributed by atoms with Crippen molar-refractivity contribution in [3.05, 3.63) is 24.0 Å². The van der Waals surface area contributed by atoms with Crippen LogP contribution in [0.3, 0.4) is 0 Å². The van der Waals surface area contributed by atoms with Gasteiger partial charge in [-0.1, -0.05) is 39.7 Å². The molecule has 0 fully saturated rings. The highest BCUT2D eigenvalue weighted by atomic mass is 16.3. The van der Waals surface area contributed by atoms with Crippen molar-refractivity contribution in [3.8, 4) is 0 Å². The van der Waals surface area contributed by atoms with E-state index in [1.165, 1.54) is 12.8 Å². The average Bonchev–Trinajstić information content (AvgIpc) is 2.14. The lowest BCUT2D eigenvalue weighted by Gasteiger charge is -2.26. The van der Waals surface area contributed by atoms with Crippen molar-refractivity contribution in [2.75, 3.05) is 0 Å². The van der Waals surface area contributed by atoms with Crippen molar-refractivity contribution >= 4 is 0 Å². The first-order valence-electron chi connectivity index (χ1n) is 5.45. The zero-order valence-corrected chi connectivity index (χ0v) is 10.1. The summed E-state index contributed by atoms with van der Waals surface area (Å²) in [7, 11) is 0. The molecule has 0 unspecified atom stereocenters. The molecule has 1 nitrogen and oxygen atoms in total. The van der Waals surface area contributed by atoms with Gasteiger partial charge in [0.15, 0.2) is 0 Å². The number of allylic oxidation sites excluding steroid dienone is 2. The maximum Gasteiger partial charge on any atom is 0.0954 e. The molecule has 0 spiro atoms. The van der Waals surface area contributed by atoms with Gasteiger partial charge in [-0.15, -0.1) is 6.58 Å². The van der Waals surface area contributed by atoms with Crippen LogP contribution in [0.4, 0.5) is 0 Å². The maximum atomic E-state index is 9.76. The lowest BCUT2D eigenvalue weighted by molar-refractivity contribution is 0.334. The van der Waals surface area contributed by atoms with Gasteiger partial charge >= 0.3 is 0 Å². The molecule has 1 N–H and O–H groups in total. The zero-order chi connectivity index (χ0) is 11.2. The van der Waals surface area contributed by atoms with Gasteiger partial charge in [-0.05, 0) is 24.3 Å². The van der Waals surface area contributed by atoms with Crippen LogP contribution >= 0.6 is 0 Å². The van der Waals surface area contributed by atoms with E-state index in [1.54, 1.807) is 6.08 Å². The Bertz CT molecular complexity index is 211. The van der Waals surface area contributed by atoms with Crippen LogP contribution in [-0.2, 0) is 0 Å². The van der Waals surface area contributed by atoms with Gasteiger partial charge in [0.05, 0.1) is 5.76 Å². The summed E-state index contributed by atoms with van der Waals surface area (Å²) in [6.07, 6.45) is 5.89. The van der Waals surface area contributed by atoms with Gasteiger partial charge in [0.2, 0.25) is 0 Å². The van der Waals surface area contributed by atoms with E-state index in [-0.39, 0.29) is 5.41 Å². The maximum absolute atomic E-state index is 9.76. The van der Waals surface area contributed by atoms with Gasteiger partial charge in [0.25, 0.3) is 0 Å². The minimum absolute atomic E-state index is 0.114. The van der Waals surface area contributed by atoms with Crippen molar-refractivity contribution in [2.45, 2.75) is 53.4 Å². The lowest BCUT2D eigenvalue weighted by atomic mass is 9.79. The molecule has 0 saturated carbocycles. The van der Waals surface area contributed by atoms with Crippen molar-refractivity contribution < 1.29 is 5.11 Å². The standard InChI is InChI=1S/C13H24O/c1-6-8-10-13(4,5)11(3)12(14)9-7-2/h7,14H,2,6,8-10H2,1,3-5H3/b12-11+. The summed E-state index contributed by atoms with van der Waals surface area (Å²) in [5.41, 5.74) is 1.22. The lowest BCUT2D eigenvalue weighted by Crippen LogP contribution is -2.14. The predicted molar refractivity (Wildman–Crippen MR) is 63.4 cm³/mol. The Hall–Kier alpha value is -0.720. The monoisotopic (exact) mass is 196 g/mol. The van der Waals surface area contributed by atoms with Crippen LogP contribution in [0.15, 0.2) is 24.0 Å². The Kier molecular flexibility index (Phi) is 5.59. The Morgan fingerprint density at radius 3 is 2.43 bits per heavy atom. The van der Waals surface area contributed by atoms with Crippen molar-refractivity contribution in [2.24, 2.45) is 5.41 Å². The summed E-state index contributed by atoms with van der Waals surface area (Å²) in [6.45, 7) is 12.2. The molecule has 0 heterocycles. The molecule has 1 heteroatoms. The number of rotatable bonds is 6. The third-order valence-electron chi connectivity index (χ3n) is 2.94. The van der Waals surface area contributed by atoms with Crippen molar-refractivity contribution in [1.82, 2.24) is 0 Å². The molecule has 0 radical (unpaired) electrons. The number of aliphatic hydroxyl groups excluding tert-OH is 1. The summed E-state index contributed by atoms with van der Waals surface area (Å²) < 4.78 is 0. The van der Waals surface area contributed by atoms with Crippen LogP contribution in [0.2, 0.25) is 0 Å². The third kappa shape index (κ3) is 3.99. The molecule has 0 atom stereocenters. The largest absolute Gasteiger partial charge is 0.512 e. The van der Waals surface area contributed by atoms with E-state index in [4.69, 9.17) is 0 Å². The molecule has 14 heavy (non-hydrogen) atoms. The summed E-state index contributed by atoms with van der Waals surface area (Å²) >= 11 is 0. The van der Waals surface area contributed by atoms with Crippen molar-refractivity contribution in [3.63, 3.8) is 0 Å². The molecule has 0 aliphatic carbocycles. The van der Waals surface area contributed by atoms with Crippen LogP contribution in [-0.4, -0.2) is 5.11 Å². The van der Waals surface area contributed by atoms with Crippen LogP contribution in [0.25, 0.3) is 0 Å². The Balaban J connectivity index is 4.53. The number of hydrogen-bond acceptors (Lipinski definition) is 1. The van der Waals surface area contributed by atoms with Gasteiger partial charge in [-0.2, -0.15) is 0 Å². The molecule has 0 saturated heterocycles. The molecule has 0 aromatic heterocycles. The Labute approximate surface area is 88.5 Å². The fraction of sp³-hybridized carbons (Fsp3) is 0.692. The second-order valence-electron chi connectivity index (χ2n) is 4.55. The van der Waals surface area contributed by atoms with Gasteiger partial charge < -0.3 is 5.11 Å². The second-order valence-corrected chi connectivity index (χ2v) is 4.55. The minimum atomic E-state index is 0.114. The molecule has 0 aromatic rings. The first-order valence-corrected chi connectivity index (χ1v) is 5.45. The van der Waals surface area contributed by atoms with Gasteiger partial charge in [0, 0.05) is 6.42 Å². The van der Waals surface area contributed by atoms with E-state index >= 15 is 0 Å². The van der Waals surface area contributed by atoms with E-state index in [1.807, 2.05) is 6.92 Å².